The van der Waals surface area contributed by atoms with Gasteiger partial charge in [0.05, 0.1) is 39.6 Å². The van der Waals surface area contributed by atoms with Crippen molar-refractivity contribution in [1.29, 1.82) is 0 Å². The van der Waals surface area contributed by atoms with Crippen LogP contribution >= 0.6 is 0 Å². The maximum Gasteiger partial charge on any atom is 0.0701 e. The molecule has 7 heteroatoms. The monoisotopic (exact) mass is 356 g/mol. The van der Waals surface area contributed by atoms with Crippen molar-refractivity contribution in [3.8, 4) is 0 Å². The fourth-order valence-corrected chi connectivity index (χ4v) is 2.80. The van der Waals surface area contributed by atoms with E-state index in [1.165, 1.54) is 0 Å². The van der Waals surface area contributed by atoms with Crippen molar-refractivity contribution < 1.29 is 14.2 Å². The van der Waals surface area contributed by atoms with Crippen molar-refractivity contribution in [3.05, 3.63) is 12.4 Å². The molecule has 2 heterocycles. The highest BCUT2D eigenvalue weighted by atomic mass is 16.5. The topological polar surface area (TPSA) is 40.7 Å². The van der Waals surface area contributed by atoms with Crippen LogP contribution in [0.25, 0.3) is 0 Å². The Labute approximate surface area is 153 Å². The smallest absolute Gasteiger partial charge is 0.0701 e. The molecule has 0 aromatic heterocycles. The summed E-state index contributed by atoms with van der Waals surface area (Å²) >= 11 is 0. The highest BCUT2D eigenvalue weighted by molar-refractivity contribution is 4.83. The Balaban J connectivity index is 1.98. The van der Waals surface area contributed by atoms with Crippen molar-refractivity contribution in [1.82, 2.24) is 19.6 Å². The molecule has 25 heavy (non-hydrogen) atoms. The highest BCUT2D eigenvalue weighted by Crippen LogP contribution is 2.00. The summed E-state index contributed by atoms with van der Waals surface area (Å²) in [7, 11) is 4.27. The molecule has 0 aromatic rings. The molecule has 1 saturated heterocycles. The van der Waals surface area contributed by atoms with Gasteiger partial charge in [0.25, 0.3) is 0 Å². The molecule has 7 nitrogen and oxygen atoms in total. The number of nitrogens with zero attached hydrogens (tertiary/aromatic N) is 4. The quantitative estimate of drug-likeness (QED) is 0.605. The van der Waals surface area contributed by atoms with Crippen LogP contribution in [0.1, 0.15) is 0 Å². The molecule has 0 N–H and O–H groups in total. The third kappa shape index (κ3) is 9.42. The van der Waals surface area contributed by atoms with Gasteiger partial charge in [0, 0.05) is 71.8 Å². The second kappa shape index (κ2) is 12.5. The number of fused-ring (bicyclic) bond motifs is 3. The molecule has 2 aliphatic rings. The van der Waals surface area contributed by atoms with Crippen LogP contribution in [0.2, 0.25) is 0 Å². The van der Waals surface area contributed by atoms with E-state index in [1.807, 2.05) is 0 Å². The van der Waals surface area contributed by atoms with Gasteiger partial charge in [-0.25, -0.2) is 0 Å². The fraction of sp³-hybridized carbons (Fsp3) is 0.889. The molecule has 2 bridgehead atoms. The average Bonchev–Trinajstić information content (AvgIpc) is 2.60. The van der Waals surface area contributed by atoms with Gasteiger partial charge in [-0.2, -0.15) is 0 Å². The van der Waals surface area contributed by atoms with Crippen molar-refractivity contribution >= 4 is 0 Å². The van der Waals surface area contributed by atoms with Gasteiger partial charge in [0.15, 0.2) is 0 Å². The van der Waals surface area contributed by atoms with Crippen molar-refractivity contribution in [3.63, 3.8) is 0 Å². The predicted octanol–water partition coefficient (Wildman–Crippen LogP) is 0.00220. The van der Waals surface area contributed by atoms with Gasteiger partial charge in [-0.05, 0) is 7.05 Å². The lowest BCUT2D eigenvalue weighted by Gasteiger charge is -2.29. The zero-order valence-corrected chi connectivity index (χ0v) is 16.1. The number of rotatable bonds is 0. The lowest BCUT2D eigenvalue weighted by molar-refractivity contribution is 0.0256. The van der Waals surface area contributed by atoms with Crippen molar-refractivity contribution in [2.75, 3.05) is 106 Å². The summed E-state index contributed by atoms with van der Waals surface area (Å²) in [5.41, 5.74) is 0. The minimum absolute atomic E-state index is 0.678. The molecule has 0 aromatic carbocycles. The summed E-state index contributed by atoms with van der Waals surface area (Å²) in [6.45, 7) is 12.4. The van der Waals surface area contributed by atoms with E-state index in [4.69, 9.17) is 14.2 Å². The molecule has 0 spiro atoms. The van der Waals surface area contributed by atoms with E-state index in [9.17, 15) is 0 Å². The summed E-state index contributed by atoms with van der Waals surface area (Å²) in [6.07, 6.45) is 4.34. The lowest BCUT2D eigenvalue weighted by atomic mass is 10.4. The Kier molecular flexibility index (Phi) is 10.2. The molecule has 0 saturated carbocycles. The molecular weight excluding hydrogens is 320 g/mol. The second-order valence-electron chi connectivity index (χ2n) is 6.80. The number of likely N-dealkylation sites (N-methyl/N-ethyl adjacent to an activating group) is 2. The molecule has 146 valence electrons. The Hall–Kier alpha value is -0.860. The predicted molar refractivity (Wildman–Crippen MR) is 99.7 cm³/mol. The normalized spacial score (nSPS) is 28.5. The van der Waals surface area contributed by atoms with Crippen molar-refractivity contribution in [2.24, 2.45) is 0 Å². The standard InChI is InChI=1S/C18H36N4O3/c1-19-3-5-21-7-8-22(12-16-25-18-17-24-15-11-21)6-4-20(2)10-14-23-13-9-19/h3,5H,4,6-18H2,1-2H3/b5-3-. The molecule has 0 aliphatic carbocycles. The van der Waals surface area contributed by atoms with E-state index < -0.39 is 0 Å². The Morgan fingerprint density at radius 3 is 2.04 bits per heavy atom. The minimum Gasteiger partial charge on any atom is -0.378 e. The van der Waals surface area contributed by atoms with Crippen LogP contribution in [-0.4, -0.2) is 126 Å². The largest absolute Gasteiger partial charge is 0.378 e. The van der Waals surface area contributed by atoms with Gasteiger partial charge in [-0.3, -0.25) is 4.90 Å². The van der Waals surface area contributed by atoms with Crippen molar-refractivity contribution in [2.45, 2.75) is 0 Å². The molecule has 2 rings (SSSR count). The summed E-state index contributed by atoms with van der Waals surface area (Å²) < 4.78 is 17.1. The Bertz CT molecular complexity index is 370. The van der Waals surface area contributed by atoms with Crippen LogP contribution in [0, 0.1) is 0 Å². The third-order valence-corrected chi connectivity index (χ3v) is 4.69. The van der Waals surface area contributed by atoms with Gasteiger partial charge in [0.2, 0.25) is 0 Å². The first-order chi connectivity index (χ1) is 12.2. The van der Waals surface area contributed by atoms with E-state index in [0.717, 1.165) is 78.8 Å². The molecule has 1 unspecified atom stereocenters. The number of ether oxygens (including phenoxy) is 3. The number of hydrogen-bond donors (Lipinski definition) is 0. The molecule has 2 aliphatic heterocycles. The van der Waals surface area contributed by atoms with E-state index in [-0.39, 0.29) is 0 Å². The van der Waals surface area contributed by atoms with Gasteiger partial charge in [-0.15, -0.1) is 0 Å². The number of hydrogen-bond acceptors (Lipinski definition) is 7. The van der Waals surface area contributed by atoms with Crippen LogP contribution in [-0.2, 0) is 14.2 Å². The third-order valence-electron chi connectivity index (χ3n) is 4.69. The fourth-order valence-electron chi connectivity index (χ4n) is 2.80. The van der Waals surface area contributed by atoms with E-state index in [2.05, 4.69) is 46.1 Å². The van der Waals surface area contributed by atoms with E-state index >= 15 is 0 Å². The van der Waals surface area contributed by atoms with Crippen LogP contribution in [0.4, 0.5) is 0 Å². The van der Waals surface area contributed by atoms with Crippen LogP contribution in [0.3, 0.4) is 0 Å². The van der Waals surface area contributed by atoms with Gasteiger partial charge in [-0.1, -0.05) is 0 Å². The Morgan fingerprint density at radius 1 is 0.560 bits per heavy atom. The SMILES string of the molecule is CN1/C=C\N2CCOCCOCCN(CCN(C)CCOCC1)CC2. The van der Waals surface area contributed by atoms with Gasteiger partial charge in [0.1, 0.15) is 0 Å². The first-order valence-corrected chi connectivity index (χ1v) is 9.51. The second-order valence-corrected chi connectivity index (χ2v) is 6.80. The minimum atomic E-state index is 0.678. The maximum atomic E-state index is 5.76. The van der Waals surface area contributed by atoms with Gasteiger partial charge >= 0.3 is 0 Å². The van der Waals surface area contributed by atoms with Crippen LogP contribution in [0.15, 0.2) is 12.4 Å². The van der Waals surface area contributed by atoms with Gasteiger partial charge < -0.3 is 28.9 Å². The van der Waals surface area contributed by atoms with Crippen LogP contribution < -0.4 is 0 Å². The molecular formula is C18H36N4O3. The maximum absolute atomic E-state index is 5.76. The summed E-state index contributed by atoms with van der Waals surface area (Å²) in [4.78, 5) is 9.40. The summed E-state index contributed by atoms with van der Waals surface area (Å²) in [5.74, 6) is 0. The molecule has 0 radical (unpaired) electrons. The lowest BCUT2D eigenvalue weighted by Crippen LogP contribution is -2.41. The first kappa shape index (κ1) is 20.5. The molecule has 0 amide bonds. The Morgan fingerprint density at radius 2 is 1.20 bits per heavy atom. The van der Waals surface area contributed by atoms with E-state index in [0.29, 0.717) is 13.2 Å². The molecule has 1 fully saturated rings. The first-order valence-electron chi connectivity index (χ1n) is 9.51. The summed E-state index contributed by atoms with van der Waals surface area (Å²) in [5, 5.41) is 0. The van der Waals surface area contributed by atoms with Crippen LogP contribution in [0.5, 0.6) is 0 Å². The average molecular weight is 357 g/mol. The van der Waals surface area contributed by atoms with E-state index in [1.54, 1.807) is 0 Å². The molecule has 1 atom stereocenters. The summed E-state index contributed by atoms with van der Waals surface area (Å²) in [6, 6.07) is 0. The zero-order chi connectivity index (χ0) is 17.7. The zero-order valence-electron chi connectivity index (χ0n) is 16.1. The highest BCUT2D eigenvalue weighted by Gasteiger charge is 2.11.